The van der Waals surface area contributed by atoms with Crippen LogP contribution in [0.1, 0.15) is 23.2 Å². The zero-order chi connectivity index (χ0) is 11.5. The monoisotopic (exact) mass is 219 g/mol. The molecule has 1 fully saturated rings. The Morgan fingerprint density at radius 1 is 1.38 bits per heavy atom. The molecule has 1 heterocycles. The molecule has 0 spiro atoms. The number of piperidine rings is 1. The van der Waals surface area contributed by atoms with Crippen molar-refractivity contribution in [2.45, 2.75) is 12.8 Å². The van der Waals surface area contributed by atoms with Crippen molar-refractivity contribution in [3.63, 3.8) is 0 Å². The quantitative estimate of drug-likeness (QED) is 0.820. The molecule has 0 aliphatic carbocycles. The molecular weight excluding hydrogens is 206 g/mol. The van der Waals surface area contributed by atoms with Crippen LogP contribution in [0.25, 0.3) is 0 Å². The van der Waals surface area contributed by atoms with Crippen LogP contribution in [0.2, 0.25) is 0 Å². The first kappa shape index (κ1) is 10.7. The van der Waals surface area contributed by atoms with Gasteiger partial charge < -0.3 is 10.0 Å². The minimum atomic E-state index is -0.940. The van der Waals surface area contributed by atoms with Gasteiger partial charge >= 0.3 is 5.97 Å². The van der Waals surface area contributed by atoms with Crippen LogP contribution in [0, 0.1) is 0 Å². The topological polar surface area (TPSA) is 57.6 Å². The fraction of sp³-hybridized carbons (Fsp3) is 0.333. The zero-order valence-corrected chi connectivity index (χ0v) is 8.85. The number of Topliss-reactive ketones (excluding diaryl/α,β-unsaturated/α-hetero) is 1. The standard InChI is InChI=1S/C12H13NO3/c14-11-5-2-6-13(8-11)10-4-1-3-9(7-10)12(15)16/h1,3-4,7H,2,5-6,8H2,(H,15,16). The van der Waals surface area contributed by atoms with Crippen LogP contribution in [-0.2, 0) is 4.79 Å². The molecule has 4 nitrogen and oxygen atoms in total. The van der Waals surface area contributed by atoms with E-state index in [9.17, 15) is 9.59 Å². The molecule has 1 aromatic carbocycles. The van der Waals surface area contributed by atoms with Crippen LogP contribution in [0.15, 0.2) is 24.3 Å². The second kappa shape index (κ2) is 4.35. The van der Waals surface area contributed by atoms with E-state index in [0.717, 1.165) is 18.7 Å². The Balaban J connectivity index is 2.22. The van der Waals surface area contributed by atoms with Crippen LogP contribution in [0.3, 0.4) is 0 Å². The van der Waals surface area contributed by atoms with Crippen molar-refractivity contribution in [3.8, 4) is 0 Å². The van der Waals surface area contributed by atoms with Gasteiger partial charge in [0.2, 0.25) is 0 Å². The Hall–Kier alpha value is -1.84. The average Bonchev–Trinajstić information content (AvgIpc) is 2.29. The predicted octanol–water partition coefficient (Wildman–Crippen LogP) is 1.55. The summed E-state index contributed by atoms with van der Waals surface area (Å²) in [6, 6.07) is 6.71. The molecule has 1 aromatic rings. The van der Waals surface area contributed by atoms with Gasteiger partial charge in [0.15, 0.2) is 5.78 Å². The summed E-state index contributed by atoms with van der Waals surface area (Å²) in [7, 11) is 0. The molecule has 0 radical (unpaired) electrons. The molecule has 0 unspecified atom stereocenters. The summed E-state index contributed by atoms with van der Waals surface area (Å²) in [6.07, 6.45) is 1.48. The third-order valence-electron chi connectivity index (χ3n) is 2.71. The normalized spacial score (nSPS) is 16.2. The molecule has 1 aliphatic heterocycles. The van der Waals surface area contributed by atoms with Gasteiger partial charge in [-0.2, -0.15) is 0 Å². The van der Waals surface area contributed by atoms with Crippen LogP contribution in [0.5, 0.6) is 0 Å². The Morgan fingerprint density at radius 3 is 2.88 bits per heavy atom. The number of ketones is 1. The van der Waals surface area contributed by atoms with Gasteiger partial charge in [0.25, 0.3) is 0 Å². The maximum atomic E-state index is 11.3. The number of carboxylic acids is 1. The first-order valence-corrected chi connectivity index (χ1v) is 5.27. The molecule has 0 aromatic heterocycles. The van der Waals surface area contributed by atoms with Gasteiger partial charge in [-0.25, -0.2) is 4.79 Å². The fourth-order valence-electron chi connectivity index (χ4n) is 1.89. The van der Waals surface area contributed by atoms with Crippen molar-refractivity contribution < 1.29 is 14.7 Å². The molecular formula is C12H13NO3. The van der Waals surface area contributed by atoms with Crippen molar-refractivity contribution in [2.24, 2.45) is 0 Å². The highest BCUT2D eigenvalue weighted by molar-refractivity contribution is 5.89. The number of benzene rings is 1. The smallest absolute Gasteiger partial charge is 0.335 e. The Morgan fingerprint density at radius 2 is 2.19 bits per heavy atom. The van der Waals surface area contributed by atoms with E-state index in [-0.39, 0.29) is 11.3 Å². The summed E-state index contributed by atoms with van der Waals surface area (Å²) < 4.78 is 0. The highest BCUT2D eigenvalue weighted by Gasteiger charge is 2.17. The molecule has 0 saturated carbocycles. The zero-order valence-electron chi connectivity index (χ0n) is 8.85. The lowest BCUT2D eigenvalue weighted by Crippen LogP contribution is -2.35. The summed E-state index contributed by atoms with van der Waals surface area (Å²) >= 11 is 0. The van der Waals surface area contributed by atoms with E-state index in [1.807, 2.05) is 11.0 Å². The lowest BCUT2D eigenvalue weighted by Gasteiger charge is -2.27. The van der Waals surface area contributed by atoms with Crippen LogP contribution in [-0.4, -0.2) is 29.9 Å². The minimum absolute atomic E-state index is 0.215. The summed E-state index contributed by atoms with van der Waals surface area (Å²) in [6.45, 7) is 1.21. The maximum absolute atomic E-state index is 11.3. The minimum Gasteiger partial charge on any atom is -0.478 e. The van der Waals surface area contributed by atoms with Gasteiger partial charge in [0, 0.05) is 18.7 Å². The number of nitrogens with zero attached hydrogens (tertiary/aromatic N) is 1. The van der Waals surface area contributed by atoms with E-state index in [1.54, 1.807) is 18.2 Å². The second-order valence-electron chi connectivity index (χ2n) is 3.92. The Labute approximate surface area is 93.5 Å². The van der Waals surface area contributed by atoms with E-state index in [1.165, 1.54) is 0 Å². The molecule has 1 aliphatic rings. The summed E-state index contributed by atoms with van der Waals surface area (Å²) in [5.74, 6) is -0.725. The molecule has 2 rings (SSSR count). The number of rotatable bonds is 2. The van der Waals surface area contributed by atoms with Crippen molar-refractivity contribution in [1.82, 2.24) is 0 Å². The lowest BCUT2D eigenvalue weighted by molar-refractivity contribution is -0.118. The van der Waals surface area contributed by atoms with Gasteiger partial charge in [-0.05, 0) is 24.6 Å². The Bertz CT molecular complexity index is 428. The molecule has 84 valence electrons. The summed E-state index contributed by atoms with van der Waals surface area (Å²) in [5.41, 5.74) is 1.07. The first-order chi connectivity index (χ1) is 7.66. The summed E-state index contributed by atoms with van der Waals surface area (Å²) in [5, 5.41) is 8.87. The van der Waals surface area contributed by atoms with E-state index in [2.05, 4.69) is 0 Å². The SMILES string of the molecule is O=C1CCCN(c2cccc(C(=O)O)c2)C1. The molecule has 0 bridgehead atoms. The highest BCUT2D eigenvalue weighted by Crippen LogP contribution is 2.19. The third kappa shape index (κ3) is 2.21. The van der Waals surface area contributed by atoms with Crippen LogP contribution < -0.4 is 4.90 Å². The van der Waals surface area contributed by atoms with Crippen molar-refractivity contribution >= 4 is 17.4 Å². The lowest BCUT2D eigenvalue weighted by atomic mass is 10.1. The molecule has 4 heteroatoms. The molecule has 1 N–H and O–H groups in total. The van der Waals surface area contributed by atoms with Crippen LogP contribution in [0.4, 0.5) is 5.69 Å². The predicted molar refractivity (Wildman–Crippen MR) is 59.9 cm³/mol. The van der Waals surface area contributed by atoms with Gasteiger partial charge in [0.05, 0.1) is 12.1 Å². The number of carboxylic acid groups (broad SMARTS) is 1. The number of anilines is 1. The maximum Gasteiger partial charge on any atom is 0.335 e. The highest BCUT2D eigenvalue weighted by atomic mass is 16.4. The van der Waals surface area contributed by atoms with Crippen LogP contribution >= 0.6 is 0 Å². The average molecular weight is 219 g/mol. The number of hydrogen-bond donors (Lipinski definition) is 1. The first-order valence-electron chi connectivity index (χ1n) is 5.27. The second-order valence-corrected chi connectivity index (χ2v) is 3.92. The van der Waals surface area contributed by atoms with E-state index in [4.69, 9.17) is 5.11 Å². The molecule has 0 amide bonds. The van der Waals surface area contributed by atoms with E-state index < -0.39 is 5.97 Å². The molecule has 16 heavy (non-hydrogen) atoms. The van der Waals surface area contributed by atoms with E-state index >= 15 is 0 Å². The number of aromatic carboxylic acids is 1. The Kier molecular flexibility index (Phi) is 2.90. The van der Waals surface area contributed by atoms with E-state index in [0.29, 0.717) is 13.0 Å². The van der Waals surface area contributed by atoms with Crippen molar-refractivity contribution in [1.29, 1.82) is 0 Å². The summed E-state index contributed by atoms with van der Waals surface area (Å²) in [4.78, 5) is 24.1. The molecule has 0 atom stereocenters. The van der Waals surface area contributed by atoms with Gasteiger partial charge in [-0.3, -0.25) is 4.79 Å². The fourth-order valence-corrected chi connectivity index (χ4v) is 1.89. The number of hydrogen-bond acceptors (Lipinski definition) is 3. The number of carbonyl (C=O) groups excluding carboxylic acids is 1. The van der Waals surface area contributed by atoms with Crippen molar-refractivity contribution in [3.05, 3.63) is 29.8 Å². The van der Waals surface area contributed by atoms with Gasteiger partial charge in [0.1, 0.15) is 0 Å². The largest absolute Gasteiger partial charge is 0.478 e. The third-order valence-corrected chi connectivity index (χ3v) is 2.71. The van der Waals surface area contributed by atoms with Gasteiger partial charge in [-0.15, -0.1) is 0 Å². The molecule has 1 saturated heterocycles. The van der Waals surface area contributed by atoms with Gasteiger partial charge in [-0.1, -0.05) is 6.07 Å². The number of carbonyl (C=O) groups is 2. The van der Waals surface area contributed by atoms with Crippen molar-refractivity contribution in [2.75, 3.05) is 18.0 Å².